The summed E-state index contributed by atoms with van der Waals surface area (Å²) in [5.41, 5.74) is 9.00. The molecule has 8 heteroatoms. The fraction of sp³-hybridized carbons (Fsp3) is 0.500. The van der Waals surface area contributed by atoms with E-state index < -0.39 is 35.8 Å². The summed E-state index contributed by atoms with van der Waals surface area (Å²) in [6.45, 7) is 1.43. The standard InChI is InChI=1S/C12H16N4O4/c1-3-12(14)9(18)8(6(2)17)20-10(12)16-5-4-7(13)15-11(16)19/h1,4-6,8-10,17-18H,14H2,2H3,(H2,13,15,19)/t6-,8+,9?,10+,12+/m0/s1. The molecule has 8 nitrogen and oxygen atoms in total. The van der Waals surface area contributed by atoms with Gasteiger partial charge in [0.1, 0.15) is 18.0 Å². The number of aliphatic hydroxyl groups excluding tert-OH is 2. The van der Waals surface area contributed by atoms with Crippen molar-refractivity contribution in [3.63, 3.8) is 0 Å². The second-order valence-electron chi connectivity index (χ2n) is 4.76. The largest absolute Gasteiger partial charge is 0.391 e. The van der Waals surface area contributed by atoms with Crippen LogP contribution >= 0.6 is 0 Å². The lowest BCUT2D eigenvalue weighted by atomic mass is 9.90. The van der Waals surface area contributed by atoms with Crippen LogP contribution in [0.1, 0.15) is 13.2 Å². The van der Waals surface area contributed by atoms with Crippen LogP contribution in [0.5, 0.6) is 0 Å². The molecule has 1 aliphatic heterocycles. The van der Waals surface area contributed by atoms with Crippen LogP contribution in [0.3, 0.4) is 0 Å². The summed E-state index contributed by atoms with van der Waals surface area (Å²) < 4.78 is 6.51. The van der Waals surface area contributed by atoms with Gasteiger partial charge in [0.05, 0.1) is 6.10 Å². The van der Waals surface area contributed by atoms with Crippen molar-refractivity contribution in [2.24, 2.45) is 5.73 Å². The maximum atomic E-state index is 11.8. The van der Waals surface area contributed by atoms with Crippen molar-refractivity contribution >= 4 is 5.82 Å². The summed E-state index contributed by atoms with van der Waals surface area (Å²) in [4.78, 5) is 15.4. The minimum absolute atomic E-state index is 0.0419. The SMILES string of the molecule is C#C[C@@]1(N)C(O)[C@@H]([C@H](C)O)O[C@H]1n1ccc(N)nc1=O. The number of ether oxygens (including phenoxy) is 1. The van der Waals surface area contributed by atoms with E-state index in [1.54, 1.807) is 0 Å². The molecule has 6 N–H and O–H groups in total. The maximum Gasteiger partial charge on any atom is 0.351 e. The van der Waals surface area contributed by atoms with Gasteiger partial charge in [-0.1, -0.05) is 5.92 Å². The Labute approximate surface area is 115 Å². The third kappa shape index (κ3) is 2.07. The van der Waals surface area contributed by atoms with Crippen molar-refractivity contribution in [3.05, 3.63) is 22.7 Å². The van der Waals surface area contributed by atoms with Gasteiger partial charge in [-0.2, -0.15) is 4.98 Å². The Morgan fingerprint density at radius 2 is 2.35 bits per heavy atom. The molecule has 1 aliphatic rings. The van der Waals surface area contributed by atoms with Crippen LogP contribution in [0.4, 0.5) is 5.82 Å². The summed E-state index contributed by atoms with van der Waals surface area (Å²) >= 11 is 0. The van der Waals surface area contributed by atoms with E-state index in [2.05, 4.69) is 10.9 Å². The number of rotatable bonds is 2. The maximum absolute atomic E-state index is 11.8. The van der Waals surface area contributed by atoms with E-state index in [-0.39, 0.29) is 5.82 Å². The number of terminal acetylenes is 1. The Bertz CT molecular complexity index is 608. The normalized spacial score (nSPS) is 34.6. The van der Waals surface area contributed by atoms with Gasteiger partial charge in [0, 0.05) is 6.20 Å². The summed E-state index contributed by atoms with van der Waals surface area (Å²) in [5.74, 6) is 2.28. The van der Waals surface area contributed by atoms with E-state index in [1.807, 2.05) is 0 Å². The number of aliphatic hydroxyl groups is 2. The quantitative estimate of drug-likeness (QED) is 0.451. The minimum atomic E-state index is -1.66. The molecule has 1 fully saturated rings. The zero-order valence-corrected chi connectivity index (χ0v) is 10.8. The molecule has 0 saturated carbocycles. The number of aromatic nitrogens is 2. The molecule has 1 aromatic heterocycles. The molecule has 0 aliphatic carbocycles. The summed E-state index contributed by atoms with van der Waals surface area (Å²) in [5, 5.41) is 19.7. The topological polar surface area (TPSA) is 137 Å². The fourth-order valence-corrected chi connectivity index (χ4v) is 2.19. The molecule has 1 unspecified atom stereocenters. The van der Waals surface area contributed by atoms with Crippen LogP contribution in [-0.2, 0) is 4.74 Å². The Hall–Kier alpha value is -1.92. The third-order valence-corrected chi connectivity index (χ3v) is 3.32. The van der Waals surface area contributed by atoms with Gasteiger partial charge in [-0.05, 0) is 13.0 Å². The lowest BCUT2D eigenvalue weighted by molar-refractivity contribution is -0.0778. The third-order valence-electron chi connectivity index (χ3n) is 3.32. The highest BCUT2D eigenvalue weighted by Gasteiger charge is 2.55. The van der Waals surface area contributed by atoms with Gasteiger partial charge in [-0.25, -0.2) is 4.79 Å². The molecule has 0 aromatic carbocycles. The molecule has 108 valence electrons. The highest BCUT2D eigenvalue weighted by atomic mass is 16.5. The molecule has 0 radical (unpaired) electrons. The van der Waals surface area contributed by atoms with Crippen LogP contribution in [-0.4, -0.2) is 43.6 Å². The van der Waals surface area contributed by atoms with Crippen LogP contribution < -0.4 is 17.2 Å². The van der Waals surface area contributed by atoms with Crippen molar-refractivity contribution in [2.45, 2.75) is 37.0 Å². The van der Waals surface area contributed by atoms with Crippen molar-refractivity contribution in [1.82, 2.24) is 9.55 Å². The molecule has 1 saturated heterocycles. The predicted molar refractivity (Wildman–Crippen MR) is 70.3 cm³/mol. The molecule has 1 aromatic rings. The number of anilines is 1. The zero-order chi connectivity index (χ0) is 15.1. The van der Waals surface area contributed by atoms with Gasteiger partial charge >= 0.3 is 5.69 Å². The smallest absolute Gasteiger partial charge is 0.351 e. The first kappa shape index (κ1) is 14.5. The lowest BCUT2D eigenvalue weighted by Gasteiger charge is -2.27. The van der Waals surface area contributed by atoms with Gasteiger partial charge in [0.15, 0.2) is 11.8 Å². The van der Waals surface area contributed by atoms with Gasteiger partial charge in [-0.3, -0.25) is 4.57 Å². The average Bonchev–Trinajstić information content (AvgIpc) is 2.64. The molecular weight excluding hydrogens is 264 g/mol. The molecule has 0 amide bonds. The number of nitrogens with two attached hydrogens (primary N) is 2. The molecule has 0 spiro atoms. The Morgan fingerprint density at radius 3 is 2.85 bits per heavy atom. The van der Waals surface area contributed by atoms with E-state index >= 15 is 0 Å². The monoisotopic (exact) mass is 280 g/mol. The van der Waals surface area contributed by atoms with Crippen molar-refractivity contribution in [2.75, 3.05) is 5.73 Å². The van der Waals surface area contributed by atoms with E-state index in [0.717, 1.165) is 4.57 Å². The van der Waals surface area contributed by atoms with Gasteiger partial charge in [0.25, 0.3) is 0 Å². The highest BCUT2D eigenvalue weighted by molar-refractivity contribution is 5.26. The Kier molecular flexibility index (Phi) is 3.54. The average molecular weight is 280 g/mol. The Balaban J connectivity index is 2.50. The zero-order valence-electron chi connectivity index (χ0n) is 10.8. The molecule has 2 heterocycles. The van der Waals surface area contributed by atoms with Crippen molar-refractivity contribution in [3.8, 4) is 12.3 Å². The second-order valence-corrected chi connectivity index (χ2v) is 4.76. The minimum Gasteiger partial charge on any atom is -0.391 e. The molecule has 20 heavy (non-hydrogen) atoms. The van der Waals surface area contributed by atoms with Gasteiger partial charge in [0.2, 0.25) is 0 Å². The van der Waals surface area contributed by atoms with Crippen LogP contribution in [0.15, 0.2) is 17.1 Å². The van der Waals surface area contributed by atoms with Gasteiger partial charge < -0.3 is 26.4 Å². The van der Waals surface area contributed by atoms with E-state index in [4.69, 9.17) is 22.6 Å². The number of nitrogens with zero attached hydrogens (tertiary/aromatic N) is 2. The van der Waals surface area contributed by atoms with Gasteiger partial charge in [-0.15, -0.1) is 6.42 Å². The first-order chi connectivity index (χ1) is 9.31. The molecule has 2 rings (SSSR count). The van der Waals surface area contributed by atoms with E-state index in [0.29, 0.717) is 0 Å². The summed E-state index contributed by atoms with van der Waals surface area (Å²) in [6.07, 6.45) is 2.20. The number of nitrogen functional groups attached to an aromatic ring is 1. The van der Waals surface area contributed by atoms with E-state index in [1.165, 1.54) is 19.2 Å². The van der Waals surface area contributed by atoms with Crippen LogP contribution in [0, 0.1) is 12.3 Å². The molecule has 5 atom stereocenters. The Morgan fingerprint density at radius 1 is 1.70 bits per heavy atom. The van der Waals surface area contributed by atoms with Crippen molar-refractivity contribution in [1.29, 1.82) is 0 Å². The summed E-state index contributed by atoms with van der Waals surface area (Å²) in [6, 6.07) is 1.38. The second kappa shape index (κ2) is 4.88. The van der Waals surface area contributed by atoms with Crippen molar-refractivity contribution < 1.29 is 14.9 Å². The van der Waals surface area contributed by atoms with E-state index in [9.17, 15) is 15.0 Å². The first-order valence-corrected chi connectivity index (χ1v) is 5.94. The molecular formula is C12H16N4O4. The molecule has 0 bridgehead atoms. The number of hydrogen-bond acceptors (Lipinski definition) is 7. The number of hydrogen-bond donors (Lipinski definition) is 4. The summed E-state index contributed by atoms with van der Waals surface area (Å²) in [7, 11) is 0. The van der Waals surface area contributed by atoms with Crippen LogP contribution in [0.2, 0.25) is 0 Å². The lowest BCUT2D eigenvalue weighted by Crippen LogP contribution is -2.55. The van der Waals surface area contributed by atoms with Crippen LogP contribution in [0.25, 0.3) is 0 Å². The fourth-order valence-electron chi connectivity index (χ4n) is 2.19. The first-order valence-electron chi connectivity index (χ1n) is 5.94. The highest BCUT2D eigenvalue weighted by Crippen LogP contribution is 2.36. The predicted octanol–water partition coefficient (Wildman–Crippen LogP) is -2.20.